The normalized spacial score (nSPS) is 12.1. The standard InChI is InChI=1S/C16H22N2OS2/c1-7-10-8(2)11-12(17)13(15(19)21-16(4,5)6)20-14(11)18-9(10)3/h7,17H2,1-6H3. The third-order valence-electron chi connectivity index (χ3n) is 3.40. The Morgan fingerprint density at radius 3 is 2.48 bits per heavy atom. The molecule has 21 heavy (non-hydrogen) atoms. The van der Waals surface area contributed by atoms with Crippen LogP contribution in [-0.2, 0) is 6.42 Å². The van der Waals surface area contributed by atoms with Crippen molar-refractivity contribution in [2.45, 2.75) is 52.7 Å². The van der Waals surface area contributed by atoms with Crippen molar-refractivity contribution in [2.24, 2.45) is 0 Å². The van der Waals surface area contributed by atoms with E-state index < -0.39 is 0 Å². The zero-order valence-electron chi connectivity index (χ0n) is 13.5. The van der Waals surface area contributed by atoms with Crippen LogP contribution in [0.25, 0.3) is 10.2 Å². The van der Waals surface area contributed by atoms with Crippen molar-refractivity contribution in [3.8, 4) is 0 Å². The van der Waals surface area contributed by atoms with Crippen LogP contribution in [0, 0.1) is 13.8 Å². The lowest BCUT2D eigenvalue weighted by Gasteiger charge is -2.15. The lowest BCUT2D eigenvalue weighted by Crippen LogP contribution is -2.12. The number of nitrogens with zero attached hydrogens (tertiary/aromatic N) is 1. The number of fused-ring (bicyclic) bond motifs is 1. The second kappa shape index (κ2) is 5.61. The van der Waals surface area contributed by atoms with Gasteiger partial charge in [-0.25, -0.2) is 4.98 Å². The molecule has 0 spiro atoms. The van der Waals surface area contributed by atoms with E-state index in [0.29, 0.717) is 10.6 Å². The van der Waals surface area contributed by atoms with Gasteiger partial charge in [0.2, 0.25) is 5.12 Å². The van der Waals surface area contributed by atoms with Crippen LogP contribution < -0.4 is 5.73 Å². The summed E-state index contributed by atoms with van der Waals surface area (Å²) in [6, 6.07) is 0. The first-order valence-corrected chi connectivity index (χ1v) is 8.70. The van der Waals surface area contributed by atoms with Crippen LogP contribution in [0.15, 0.2) is 0 Å². The third kappa shape index (κ3) is 3.09. The molecule has 2 heterocycles. The maximum Gasteiger partial charge on any atom is 0.232 e. The minimum absolute atomic E-state index is 0.0399. The number of carbonyl (C=O) groups excluding carboxylic acids is 1. The summed E-state index contributed by atoms with van der Waals surface area (Å²) >= 11 is 2.74. The van der Waals surface area contributed by atoms with Gasteiger partial charge in [-0.15, -0.1) is 11.3 Å². The molecule has 0 aliphatic carbocycles. The quantitative estimate of drug-likeness (QED) is 0.868. The molecule has 0 aliphatic heterocycles. The van der Waals surface area contributed by atoms with Crippen molar-refractivity contribution in [1.29, 1.82) is 0 Å². The number of hydrogen-bond donors (Lipinski definition) is 1. The fraction of sp³-hybridized carbons (Fsp3) is 0.500. The number of thioether (sulfide) groups is 1. The van der Waals surface area contributed by atoms with Crippen molar-refractivity contribution in [3.05, 3.63) is 21.7 Å². The fourth-order valence-corrected chi connectivity index (χ4v) is 4.56. The average molecular weight is 322 g/mol. The summed E-state index contributed by atoms with van der Waals surface area (Å²) in [6.45, 7) is 12.3. The van der Waals surface area contributed by atoms with E-state index in [0.717, 1.165) is 27.9 Å². The summed E-state index contributed by atoms with van der Waals surface area (Å²) in [5, 5.41) is 0.999. The fourth-order valence-electron chi connectivity index (χ4n) is 2.51. The molecule has 0 atom stereocenters. The summed E-state index contributed by atoms with van der Waals surface area (Å²) in [7, 11) is 0. The van der Waals surface area contributed by atoms with Gasteiger partial charge >= 0.3 is 0 Å². The molecule has 0 bridgehead atoms. The van der Waals surface area contributed by atoms with Gasteiger partial charge in [0, 0.05) is 15.8 Å². The van der Waals surface area contributed by atoms with Crippen molar-refractivity contribution in [2.75, 3.05) is 5.73 Å². The van der Waals surface area contributed by atoms with Crippen LogP contribution in [0.2, 0.25) is 0 Å². The van der Waals surface area contributed by atoms with Crippen LogP contribution >= 0.6 is 23.1 Å². The maximum atomic E-state index is 12.5. The number of aromatic nitrogens is 1. The summed E-state index contributed by atoms with van der Waals surface area (Å²) in [5.74, 6) is 0. The first kappa shape index (κ1) is 16.3. The molecule has 2 aromatic rings. The molecule has 2 rings (SSSR count). The van der Waals surface area contributed by atoms with Crippen molar-refractivity contribution in [1.82, 2.24) is 4.98 Å². The highest BCUT2D eigenvalue weighted by Gasteiger charge is 2.24. The summed E-state index contributed by atoms with van der Waals surface area (Å²) in [4.78, 5) is 18.6. The SMILES string of the molecule is CCc1c(C)nc2sc(C(=O)SC(C)(C)C)c(N)c2c1C. The molecule has 114 valence electrons. The monoisotopic (exact) mass is 322 g/mol. The van der Waals surface area contributed by atoms with Crippen LogP contribution in [-0.4, -0.2) is 14.8 Å². The van der Waals surface area contributed by atoms with Crippen LogP contribution in [0.3, 0.4) is 0 Å². The van der Waals surface area contributed by atoms with E-state index in [9.17, 15) is 4.79 Å². The van der Waals surface area contributed by atoms with E-state index >= 15 is 0 Å². The van der Waals surface area contributed by atoms with E-state index in [1.54, 1.807) is 0 Å². The Morgan fingerprint density at radius 1 is 1.33 bits per heavy atom. The van der Waals surface area contributed by atoms with E-state index in [4.69, 9.17) is 5.73 Å². The Balaban J connectivity index is 2.62. The van der Waals surface area contributed by atoms with Gasteiger partial charge in [0.15, 0.2) is 0 Å². The zero-order chi connectivity index (χ0) is 15.9. The number of rotatable bonds is 2. The molecule has 0 amide bonds. The largest absolute Gasteiger partial charge is 0.397 e. The van der Waals surface area contributed by atoms with E-state index in [1.807, 2.05) is 27.7 Å². The maximum absolute atomic E-state index is 12.5. The zero-order valence-corrected chi connectivity index (χ0v) is 15.1. The lowest BCUT2D eigenvalue weighted by atomic mass is 10.0. The van der Waals surface area contributed by atoms with Crippen LogP contribution in [0.1, 0.15) is 54.2 Å². The highest BCUT2D eigenvalue weighted by atomic mass is 32.2. The van der Waals surface area contributed by atoms with Crippen molar-refractivity contribution >= 4 is 44.1 Å². The van der Waals surface area contributed by atoms with Crippen LogP contribution in [0.4, 0.5) is 5.69 Å². The van der Waals surface area contributed by atoms with Gasteiger partial charge in [-0.1, -0.05) is 39.5 Å². The smallest absolute Gasteiger partial charge is 0.232 e. The average Bonchev–Trinajstić information content (AvgIpc) is 2.65. The number of hydrogen-bond acceptors (Lipinski definition) is 5. The second-order valence-electron chi connectivity index (χ2n) is 6.18. The Labute approximate surface area is 134 Å². The van der Waals surface area contributed by atoms with Gasteiger partial charge in [-0.3, -0.25) is 4.79 Å². The molecule has 0 aromatic carbocycles. The molecule has 0 fully saturated rings. The number of nitrogen functional groups attached to an aromatic ring is 1. The minimum atomic E-state index is -0.118. The Hall–Kier alpha value is -1.07. The topological polar surface area (TPSA) is 56.0 Å². The Kier molecular flexibility index (Phi) is 4.36. The van der Waals surface area contributed by atoms with E-state index in [1.165, 1.54) is 28.7 Å². The van der Waals surface area contributed by atoms with Gasteiger partial charge in [-0.2, -0.15) is 0 Å². The molecule has 0 radical (unpaired) electrons. The Morgan fingerprint density at radius 2 is 1.95 bits per heavy atom. The van der Waals surface area contributed by atoms with Crippen molar-refractivity contribution in [3.63, 3.8) is 0 Å². The number of nitrogens with two attached hydrogens (primary N) is 1. The third-order valence-corrected chi connectivity index (χ3v) is 5.63. The minimum Gasteiger partial charge on any atom is -0.397 e. The molecular weight excluding hydrogens is 300 g/mol. The molecule has 0 unspecified atom stereocenters. The molecule has 2 N–H and O–H groups in total. The number of pyridine rings is 1. The summed E-state index contributed by atoms with van der Waals surface area (Å²) in [5.41, 5.74) is 10.3. The number of anilines is 1. The molecule has 0 saturated carbocycles. The first-order chi connectivity index (χ1) is 9.65. The predicted octanol–water partition coefficient (Wildman–Crippen LogP) is 4.73. The number of thiophene rings is 1. The van der Waals surface area contributed by atoms with Gasteiger partial charge in [0.25, 0.3) is 0 Å². The van der Waals surface area contributed by atoms with Gasteiger partial charge in [0.05, 0.1) is 5.69 Å². The van der Waals surface area contributed by atoms with Crippen molar-refractivity contribution < 1.29 is 4.79 Å². The van der Waals surface area contributed by atoms with E-state index in [2.05, 4.69) is 18.8 Å². The number of carbonyl (C=O) groups is 1. The van der Waals surface area contributed by atoms with Gasteiger partial charge in [-0.05, 0) is 31.4 Å². The highest BCUT2D eigenvalue weighted by Crippen LogP contribution is 2.40. The Bertz CT molecular complexity index is 711. The van der Waals surface area contributed by atoms with Crippen LogP contribution in [0.5, 0.6) is 0 Å². The molecule has 3 nitrogen and oxygen atoms in total. The molecule has 2 aromatic heterocycles. The molecule has 0 aliphatic rings. The highest BCUT2D eigenvalue weighted by molar-refractivity contribution is 8.15. The summed E-state index contributed by atoms with van der Waals surface area (Å²) < 4.78 is -0.118. The predicted molar refractivity (Wildman–Crippen MR) is 94.6 cm³/mol. The molecule has 0 saturated heterocycles. The van der Waals surface area contributed by atoms with Gasteiger partial charge < -0.3 is 5.73 Å². The van der Waals surface area contributed by atoms with E-state index in [-0.39, 0.29) is 9.86 Å². The summed E-state index contributed by atoms with van der Waals surface area (Å²) in [6.07, 6.45) is 0.927. The first-order valence-electron chi connectivity index (χ1n) is 7.07. The number of aryl methyl sites for hydroxylation is 2. The van der Waals surface area contributed by atoms with Gasteiger partial charge in [0.1, 0.15) is 9.71 Å². The molecule has 5 heteroatoms. The second-order valence-corrected chi connectivity index (χ2v) is 8.98. The molecular formula is C16H22N2OS2. The lowest BCUT2D eigenvalue weighted by molar-refractivity contribution is 0.109.